The topological polar surface area (TPSA) is 126 Å². The van der Waals surface area contributed by atoms with Crippen LogP contribution >= 0.6 is 0 Å². The summed E-state index contributed by atoms with van der Waals surface area (Å²) in [5.41, 5.74) is -1.11. The van der Waals surface area contributed by atoms with E-state index < -0.39 is 35.2 Å². The van der Waals surface area contributed by atoms with Crippen LogP contribution in [0.2, 0.25) is 0 Å². The van der Waals surface area contributed by atoms with Gasteiger partial charge in [-0.3, -0.25) is 9.59 Å². The molecule has 3 N–H and O–H groups in total. The van der Waals surface area contributed by atoms with Gasteiger partial charge in [-0.1, -0.05) is 0 Å². The van der Waals surface area contributed by atoms with Crippen molar-refractivity contribution in [2.24, 2.45) is 0 Å². The van der Waals surface area contributed by atoms with Gasteiger partial charge < -0.3 is 34.9 Å². The fraction of sp³-hybridized carbons (Fsp3) is 0.571. The molecular weight excluding hydrogens is 406 g/mol. The average Bonchev–Trinajstić information content (AvgIpc) is 2.75. The highest BCUT2D eigenvalue weighted by Gasteiger charge is 2.33. The Morgan fingerprint density at radius 3 is 2.55 bits per heavy atom. The summed E-state index contributed by atoms with van der Waals surface area (Å²) in [7, 11) is 1.54. The minimum atomic E-state index is -1.11. The Kier molecular flexibility index (Phi) is 7.37. The molecule has 10 nitrogen and oxygen atoms in total. The van der Waals surface area contributed by atoms with Crippen LogP contribution in [-0.4, -0.2) is 67.1 Å². The SMILES string of the molecule is CN1C(=O)[C@@H](OC(=O)NC(C)(C)C)COc2ccc(OCC(=O)NCC(C)(C)O)cc21. The van der Waals surface area contributed by atoms with Crippen LogP contribution in [0.5, 0.6) is 11.5 Å². The maximum Gasteiger partial charge on any atom is 0.408 e. The lowest BCUT2D eigenvalue weighted by Crippen LogP contribution is -2.46. The molecule has 10 heteroatoms. The number of carbonyl (C=O) groups excluding carboxylic acids is 3. The molecule has 1 aliphatic heterocycles. The molecule has 172 valence electrons. The molecule has 0 saturated heterocycles. The molecule has 0 unspecified atom stereocenters. The van der Waals surface area contributed by atoms with Gasteiger partial charge in [-0.25, -0.2) is 4.79 Å². The highest BCUT2D eigenvalue weighted by molar-refractivity contribution is 5.99. The summed E-state index contributed by atoms with van der Waals surface area (Å²) in [5, 5.41) is 14.9. The molecule has 1 aromatic rings. The number of amides is 3. The molecule has 1 aliphatic rings. The number of benzene rings is 1. The second-order valence-electron chi connectivity index (χ2n) is 8.98. The Hall–Kier alpha value is -3.01. The molecule has 1 aromatic carbocycles. The Balaban J connectivity index is 2.03. The van der Waals surface area contributed by atoms with E-state index in [-0.39, 0.29) is 19.8 Å². The van der Waals surface area contributed by atoms with Gasteiger partial charge >= 0.3 is 6.09 Å². The maximum atomic E-state index is 12.8. The van der Waals surface area contributed by atoms with Crippen LogP contribution in [0.15, 0.2) is 18.2 Å². The van der Waals surface area contributed by atoms with Crippen molar-refractivity contribution in [1.29, 1.82) is 0 Å². The van der Waals surface area contributed by atoms with E-state index in [1.165, 1.54) is 11.9 Å². The standard InChI is InChI=1S/C21H31N3O7/c1-20(2,3)23-19(27)31-16-10-30-15-8-7-13(9-14(15)24(6)18(16)26)29-11-17(25)22-12-21(4,5)28/h7-9,16,28H,10-12H2,1-6H3,(H,22,25)(H,23,27)/t16-/m0/s1. The van der Waals surface area contributed by atoms with Crippen molar-refractivity contribution in [3.8, 4) is 11.5 Å². The van der Waals surface area contributed by atoms with Crippen LogP contribution in [-0.2, 0) is 14.3 Å². The molecule has 0 bridgehead atoms. The van der Waals surface area contributed by atoms with Gasteiger partial charge in [0.1, 0.15) is 18.1 Å². The lowest BCUT2D eigenvalue weighted by Gasteiger charge is -2.23. The number of alkyl carbamates (subject to hydrolysis) is 1. The lowest BCUT2D eigenvalue weighted by molar-refractivity contribution is -0.127. The van der Waals surface area contributed by atoms with Crippen LogP contribution in [0.4, 0.5) is 10.5 Å². The first-order valence-corrected chi connectivity index (χ1v) is 9.90. The van der Waals surface area contributed by atoms with Gasteiger partial charge in [0.2, 0.25) is 6.10 Å². The number of nitrogens with one attached hydrogen (secondary N) is 2. The second kappa shape index (κ2) is 9.42. The monoisotopic (exact) mass is 437 g/mol. The molecule has 0 radical (unpaired) electrons. The van der Waals surface area contributed by atoms with E-state index in [2.05, 4.69) is 10.6 Å². The molecular formula is C21H31N3O7. The average molecular weight is 437 g/mol. The van der Waals surface area contributed by atoms with Crippen LogP contribution < -0.4 is 25.0 Å². The third-order valence-corrected chi connectivity index (χ3v) is 4.10. The van der Waals surface area contributed by atoms with E-state index in [0.717, 1.165) is 0 Å². The van der Waals surface area contributed by atoms with Gasteiger partial charge in [0.15, 0.2) is 6.61 Å². The van der Waals surface area contributed by atoms with Crippen molar-refractivity contribution < 1.29 is 33.7 Å². The number of hydrogen-bond donors (Lipinski definition) is 3. The van der Waals surface area contributed by atoms with Crippen molar-refractivity contribution in [3.63, 3.8) is 0 Å². The molecule has 0 aliphatic carbocycles. The first-order valence-electron chi connectivity index (χ1n) is 9.90. The Morgan fingerprint density at radius 1 is 1.26 bits per heavy atom. The molecule has 2 rings (SSSR count). The summed E-state index contributed by atoms with van der Waals surface area (Å²) < 4.78 is 16.4. The van der Waals surface area contributed by atoms with E-state index in [4.69, 9.17) is 14.2 Å². The van der Waals surface area contributed by atoms with E-state index >= 15 is 0 Å². The van der Waals surface area contributed by atoms with Crippen molar-refractivity contribution in [2.75, 3.05) is 31.7 Å². The number of anilines is 1. The summed E-state index contributed by atoms with van der Waals surface area (Å²) in [5.74, 6) is -0.0822. The first kappa shape index (κ1) is 24.3. The van der Waals surface area contributed by atoms with E-state index in [1.54, 1.807) is 52.8 Å². The van der Waals surface area contributed by atoms with Crippen molar-refractivity contribution in [3.05, 3.63) is 18.2 Å². The number of likely N-dealkylation sites (N-methyl/N-ethyl adjacent to an activating group) is 1. The van der Waals surface area contributed by atoms with E-state index in [1.807, 2.05) is 0 Å². The number of rotatable bonds is 6. The fourth-order valence-electron chi connectivity index (χ4n) is 2.61. The molecule has 1 heterocycles. The summed E-state index contributed by atoms with van der Waals surface area (Å²) in [6.45, 7) is 8.26. The summed E-state index contributed by atoms with van der Waals surface area (Å²) in [6, 6.07) is 4.78. The van der Waals surface area contributed by atoms with Crippen LogP contribution in [0.1, 0.15) is 34.6 Å². The smallest absolute Gasteiger partial charge is 0.408 e. The number of aliphatic hydroxyl groups is 1. The third kappa shape index (κ3) is 7.63. The van der Waals surface area contributed by atoms with Crippen molar-refractivity contribution in [1.82, 2.24) is 10.6 Å². The predicted octanol–water partition coefficient (Wildman–Crippen LogP) is 1.20. The second-order valence-corrected chi connectivity index (χ2v) is 8.98. The molecule has 0 spiro atoms. The Labute approximate surface area is 181 Å². The normalized spacial score (nSPS) is 16.5. The summed E-state index contributed by atoms with van der Waals surface area (Å²) >= 11 is 0. The number of nitrogens with zero attached hydrogens (tertiary/aromatic N) is 1. The predicted molar refractivity (Wildman–Crippen MR) is 113 cm³/mol. The van der Waals surface area contributed by atoms with Gasteiger partial charge in [0.25, 0.3) is 11.8 Å². The molecule has 0 saturated carbocycles. The zero-order valence-electron chi connectivity index (χ0n) is 18.8. The number of ether oxygens (including phenoxy) is 3. The number of fused-ring (bicyclic) bond motifs is 1. The minimum absolute atomic E-state index is 0.0919. The molecule has 3 amide bonds. The highest BCUT2D eigenvalue weighted by Crippen LogP contribution is 2.34. The summed E-state index contributed by atoms with van der Waals surface area (Å²) in [6.07, 6.45) is -1.83. The summed E-state index contributed by atoms with van der Waals surface area (Å²) in [4.78, 5) is 38.0. The van der Waals surface area contributed by atoms with Gasteiger partial charge in [-0.2, -0.15) is 0 Å². The van der Waals surface area contributed by atoms with Crippen LogP contribution in [0.3, 0.4) is 0 Å². The Morgan fingerprint density at radius 2 is 1.94 bits per heavy atom. The molecule has 0 aromatic heterocycles. The zero-order valence-corrected chi connectivity index (χ0v) is 18.8. The van der Waals surface area contributed by atoms with Gasteiger partial charge in [0.05, 0.1) is 11.3 Å². The van der Waals surface area contributed by atoms with Crippen molar-refractivity contribution >= 4 is 23.6 Å². The van der Waals surface area contributed by atoms with E-state index in [0.29, 0.717) is 17.2 Å². The van der Waals surface area contributed by atoms with E-state index in [9.17, 15) is 19.5 Å². The zero-order chi connectivity index (χ0) is 23.4. The minimum Gasteiger partial charge on any atom is -0.487 e. The fourth-order valence-corrected chi connectivity index (χ4v) is 2.61. The van der Waals surface area contributed by atoms with Crippen molar-refractivity contribution in [2.45, 2.75) is 51.9 Å². The quantitative estimate of drug-likeness (QED) is 0.610. The first-order chi connectivity index (χ1) is 14.2. The lowest BCUT2D eigenvalue weighted by atomic mass is 10.1. The van der Waals surface area contributed by atoms with Gasteiger partial charge in [-0.15, -0.1) is 0 Å². The highest BCUT2D eigenvalue weighted by atomic mass is 16.6. The Bertz CT molecular complexity index is 827. The van der Waals surface area contributed by atoms with Gasteiger partial charge in [0, 0.05) is 25.2 Å². The largest absolute Gasteiger partial charge is 0.487 e. The maximum absolute atomic E-state index is 12.8. The number of hydrogen-bond acceptors (Lipinski definition) is 7. The third-order valence-electron chi connectivity index (χ3n) is 4.10. The molecule has 0 fully saturated rings. The molecule has 31 heavy (non-hydrogen) atoms. The van der Waals surface area contributed by atoms with Crippen LogP contribution in [0, 0.1) is 0 Å². The van der Waals surface area contributed by atoms with Crippen LogP contribution in [0.25, 0.3) is 0 Å². The van der Waals surface area contributed by atoms with Gasteiger partial charge in [-0.05, 0) is 46.8 Å². The number of carbonyl (C=O) groups is 3. The molecule has 1 atom stereocenters.